The number of morpholine rings is 1. The third-order valence-corrected chi connectivity index (χ3v) is 8.09. The van der Waals surface area contributed by atoms with Crippen molar-refractivity contribution in [2.24, 2.45) is 0 Å². The predicted molar refractivity (Wildman–Crippen MR) is 154 cm³/mol. The Morgan fingerprint density at radius 2 is 1.83 bits per heavy atom. The van der Waals surface area contributed by atoms with Crippen molar-refractivity contribution in [3.8, 4) is 0 Å². The Morgan fingerprint density at radius 1 is 1.05 bits per heavy atom. The number of aryl methyl sites for hydroxylation is 1. The van der Waals surface area contributed by atoms with Gasteiger partial charge in [-0.2, -0.15) is 0 Å². The van der Waals surface area contributed by atoms with Crippen LogP contribution in [0.4, 0.5) is 20.2 Å². The smallest absolute Gasteiger partial charge is 0.256 e. The lowest BCUT2D eigenvalue weighted by molar-refractivity contribution is -0.110. The van der Waals surface area contributed by atoms with Crippen LogP contribution in [0.2, 0.25) is 0 Å². The van der Waals surface area contributed by atoms with Gasteiger partial charge in [-0.15, -0.1) is 0 Å². The molecule has 1 saturated heterocycles. The van der Waals surface area contributed by atoms with Gasteiger partial charge in [0.05, 0.1) is 35.7 Å². The van der Waals surface area contributed by atoms with E-state index < -0.39 is 5.82 Å². The van der Waals surface area contributed by atoms with Crippen molar-refractivity contribution in [1.29, 1.82) is 0 Å². The van der Waals surface area contributed by atoms with Crippen LogP contribution in [0.25, 0.3) is 11.6 Å². The monoisotopic (exact) mass is 561 g/mol. The molecule has 1 fully saturated rings. The van der Waals surface area contributed by atoms with Crippen molar-refractivity contribution in [2.75, 3.05) is 56.6 Å². The van der Waals surface area contributed by atoms with E-state index >= 15 is 4.39 Å². The first-order chi connectivity index (χ1) is 19.9. The van der Waals surface area contributed by atoms with Crippen molar-refractivity contribution in [3.63, 3.8) is 0 Å². The molecule has 0 atom stereocenters. The third kappa shape index (κ3) is 5.62. The fourth-order valence-corrected chi connectivity index (χ4v) is 5.74. The molecule has 0 spiro atoms. The van der Waals surface area contributed by atoms with Gasteiger partial charge in [0.25, 0.3) is 11.8 Å². The number of carbonyl (C=O) groups is 2. The summed E-state index contributed by atoms with van der Waals surface area (Å²) in [6.45, 7) is 7.57. The highest BCUT2D eigenvalue weighted by atomic mass is 19.1. The number of aromatic nitrogens is 1. The normalized spacial score (nSPS) is 18.3. The van der Waals surface area contributed by atoms with Gasteiger partial charge in [-0.25, -0.2) is 8.78 Å². The number of hydrogen-bond acceptors (Lipinski definition) is 5. The third-order valence-electron chi connectivity index (χ3n) is 8.09. The van der Waals surface area contributed by atoms with Crippen LogP contribution < -0.4 is 10.6 Å². The first-order valence-corrected chi connectivity index (χ1v) is 14.0. The fourth-order valence-electron chi connectivity index (χ4n) is 5.74. The highest BCUT2D eigenvalue weighted by Crippen LogP contribution is 2.37. The van der Waals surface area contributed by atoms with E-state index in [2.05, 4.69) is 20.5 Å². The van der Waals surface area contributed by atoms with Gasteiger partial charge in [-0.1, -0.05) is 12.1 Å². The number of amides is 2. The Labute approximate surface area is 237 Å². The number of benzene rings is 2. The molecular weight excluding hydrogens is 528 g/mol. The summed E-state index contributed by atoms with van der Waals surface area (Å²) in [5.74, 6) is -1.17. The van der Waals surface area contributed by atoms with Gasteiger partial charge in [0.2, 0.25) is 0 Å². The molecule has 0 bridgehead atoms. The minimum absolute atomic E-state index is 0.00310. The molecular formula is C31H33F2N5O3. The van der Waals surface area contributed by atoms with E-state index in [1.165, 1.54) is 18.2 Å². The number of anilines is 2. The van der Waals surface area contributed by atoms with Gasteiger partial charge in [-0.3, -0.25) is 14.5 Å². The number of H-pyrrole nitrogens is 1. The average Bonchev–Trinajstić information content (AvgIpc) is 3.38. The summed E-state index contributed by atoms with van der Waals surface area (Å²) in [5.41, 5.74) is 5.33. The van der Waals surface area contributed by atoms with Crippen LogP contribution in [-0.2, 0) is 22.5 Å². The van der Waals surface area contributed by atoms with Crippen LogP contribution in [0.3, 0.4) is 0 Å². The summed E-state index contributed by atoms with van der Waals surface area (Å²) in [4.78, 5) is 34.2. The first kappa shape index (κ1) is 27.2. The fraction of sp³-hybridized carbons (Fsp3) is 0.355. The summed E-state index contributed by atoms with van der Waals surface area (Å²) < 4.78 is 33.7. The van der Waals surface area contributed by atoms with E-state index in [-0.39, 0.29) is 23.3 Å². The second-order valence-corrected chi connectivity index (χ2v) is 10.7. The maximum Gasteiger partial charge on any atom is 0.256 e. The summed E-state index contributed by atoms with van der Waals surface area (Å²) in [7, 11) is 0. The molecule has 3 N–H and O–H groups in total. The van der Waals surface area contributed by atoms with Crippen LogP contribution in [-0.4, -0.2) is 72.5 Å². The van der Waals surface area contributed by atoms with Gasteiger partial charge >= 0.3 is 0 Å². The number of rotatable bonds is 7. The number of carbonyl (C=O) groups excluding carboxylic acids is 2. The Bertz CT molecular complexity index is 1510. The van der Waals surface area contributed by atoms with Gasteiger partial charge in [-0.05, 0) is 61.2 Å². The van der Waals surface area contributed by atoms with Gasteiger partial charge in [0.15, 0.2) is 0 Å². The van der Waals surface area contributed by atoms with Crippen molar-refractivity contribution in [3.05, 3.63) is 81.7 Å². The molecule has 3 aliphatic rings. The molecule has 0 saturated carbocycles. The number of nitrogens with one attached hydrogen (secondary N) is 3. The molecule has 214 valence electrons. The van der Waals surface area contributed by atoms with Crippen molar-refractivity contribution in [2.45, 2.75) is 26.3 Å². The molecule has 2 amide bonds. The van der Waals surface area contributed by atoms with Crippen LogP contribution >= 0.6 is 0 Å². The Morgan fingerprint density at radius 3 is 2.61 bits per heavy atom. The Kier molecular flexibility index (Phi) is 7.59. The maximum absolute atomic E-state index is 15.1. The van der Waals surface area contributed by atoms with E-state index in [0.29, 0.717) is 47.7 Å². The second kappa shape index (κ2) is 11.5. The lowest BCUT2D eigenvalue weighted by Gasteiger charge is -2.29. The molecule has 41 heavy (non-hydrogen) atoms. The minimum atomic E-state index is -0.502. The number of fused-ring (bicyclic) bond motifs is 2. The van der Waals surface area contributed by atoms with E-state index in [1.807, 2.05) is 11.8 Å². The van der Waals surface area contributed by atoms with Crippen LogP contribution in [0.15, 0.2) is 36.4 Å². The number of halogens is 2. The van der Waals surface area contributed by atoms with Crippen molar-refractivity contribution < 1.29 is 23.1 Å². The molecule has 10 heteroatoms. The summed E-state index contributed by atoms with van der Waals surface area (Å²) in [6.07, 6.45) is 3.29. The highest BCUT2D eigenvalue weighted by molar-refractivity contribution is 6.35. The Balaban J connectivity index is 1.22. The first-order valence-electron chi connectivity index (χ1n) is 14.0. The summed E-state index contributed by atoms with van der Waals surface area (Å²) in [5, 5.41) is 5.85. The van der Waals surface area contributed by atoms with Crippen LogP contribution in [0, 0.1) is 18.6 Å². The lowest BCUT2D eigenvalue weighted by Crippen LogP contribution is -2.43. The molecule has 2 aromatic carbocycles. The topological polar surface area (TPSA) is 89.7 Å². The quantitative estimate of drug-likeness (QED) is 0.372. The molecule has 1 aromatic heterocycles. The molecule has 0 unspecified atom stereocenters. The van der Waals surface area contributed by atoms with Crippen molar-refractivity contribution in [1.82, 2.24) is 14.8 Å². The van der Waals surface area contributed by atoms with E-state index in [4.69, 9.17) is 4.74 Å². The Hall–Kier alpha value is -4.02. The van der Waals surface area contributed by atoms with Gasteiger partial charge < -0.3 is 25.3 Å². The molecule has 4 heterocycles. The summed E-state index contributed by atoms with van der Waals surface area (Å²) >= 11 is 0. The van der Waals surface area contributed by atoms with Gasteiger partial charge in [0.1, 0.15) is 11.6 Å². The minimum Gasteiger partial charge on any atom is -0.379 e. The van der Waals surface area contributed by atoms with Crippen molar-refractivity contribution >= 4 is 34.8 Å². The summed E-state index contributed by atoms with van der Waals surface area (Å²) in [6, 6.07) is 8.88. The molecule has 8 nitrogen and oxygen atoms in total. The standard InChI is InChI=1S/C31H33F2N5O3/c1-19-26(35-25-3-2-8-38(31(40)29(19)25)10-9-37-11-13-41-14-12-37)16-23-22-15-24(33)28(17-27(22)36-30(23)39)34-18-20-4-6-21(32)7-5-20/h4-7,15-17,34-35H,2-3,8-14,18H2,1H3,(H,36,39). The van der Waals surface area contributed by atoms with Crippen LogP contribution in [0.1, 0.15) is 44.9 Å². The number of nitrogens with zero attached hydrogens (tertiary/aromatic N) is 2. The zero-order chi connectivity index (χ0) is 28.5. The SMILES string of the molecule is Cc1c(C=C2C(=O)Nc3cc(NCc4ccc(F)cc4)c(F)cc32)[nH]c2c1C(=O)N(CCN1CCOCC1)CCC2. The molecule has 0 radical (unpaired) electrons. The number of aromatic amines is 1. The second-order valence-electron chi connectivity index (χ2n) is 10.7. The highest BCUT2D eigenvalue weighted by Gasteiger charge is 2.30. The molecule has 3 aliphatic heterocycles. The zero-order valence-electron chi connectivity index (χ0n) is 23.0. The van der Waals surface area contributed by atoms with E-state index in [0.717, 1.165) is 62.5 Å². The van der Waals surface area contributed by atoms with E-state index in [1.54, 1.807) is 24.3 Å². The average molecular weight is 562 g/mol. The molecule has 0 aliphatic carbocycles. The maximum atomic E-state index is 15.1. The molecule has 6 rings (SSSR count). The zero-order valence-corrected chi connectivity index (χ0v) is 23.0. The number of hydrogen-bond donors (Lipinski definition) is 3. The van der Waals surface area contributed by atoms with Crippen LogP contribution in [0.5, 0.6) is 0 Å². The lowest BCUT2D eigenvalue weighted by atomic mass is 10.0. The predicted octanol–water partition coefficient (Wildman–Crippen LogP) is 4.43. The largest absolute Gasteiger partial charge is 0.379 e. The molecule has 3 aromatic rings. The van der Waals surface area contributed by atoms with E-state index in [9.17, 15) is 14.0 Å². The number of ether oxygens (including phenoxy) is 1. The van der Waals surface area contributed by atoms with Gasteiger partial charge in [0, 0.05) is 56.2 Å².